The average molecular weight is 328 g/mol. The van der Waals surface area contributed by atoms with Crippen LogP contribution in [0, 0.1) is 17.2 Å². The molecular formula is C13H12BrClN2O. The average Bonchev–Trinajstić information content (AvgIpc) is 2.41. The maximum absolute atomic E-state index is 12.4. The molecule has 1 fully saturated rings. The van der Waals surface area contributed by atoms with Gasteiger partial charge in [-0.25, -0.2) is 0 Å². The van der Waals surface area contributed by atoms with Crippen LogP contribution in [0.4, 0.5) is 0 Å². The summed E-state index contributed by atoms with van der Waals surface area (Å²) in [6, 6.07) is 7.39. The van der Waals surface area contributed by atoms with Crippen molar-refractivity contribution in [2.45, 2.75) is 12.8 Å². The van der Waals surface area contributed by atoms with Gasteiger partial charge in [0.2, 0.25) is 0 Å². The zero-order valence-corrected chi connectivity index (χ0v) is 12.0. The fourth-order valence-corrected chi connectivity index (χ4v) is 2.69. The van der Waals surface area contributed by atoms with E-state index in [1.807, 2.05) is 0 Å². The summed E-state index contributed by atoms with van der Waals surface area (Å²) < 4.78 is 0.732. The van der Waals surface area contributed by atoms with Crippen molar-refractivity contribution < 1.29 is 4.79 Å². The molecule has 1 aromatic rings. The molecule has 2 rings (SSSR count). The minimum Gasteiger partial charge on any atom is -0.337 e. The Morgan fingerprint density at radius 2 is 2.33 bits per heavy atom. The number of carbonyl (C=O) groups excluding carboxylic acids is 1. The first-order valence-electron chi connectivity index (χ1n) is 5.75. The molecule has 0 aliphatic carbocycles. The molecule has 1 saturated heterocycles. The van der Waals surface area contributed by atoms with E-state index in [9.17, 15) is 4.79 Å². The third-order valence-electron chi connectivity index (χ3n) is 3.05. The lowest BCUT2D eigenvalue weighted by atomic mass is 9.99. The van der Waals surface area contributed by atoms with Gasteiger partial charge in [0, 0.05) is 22.6 Å². The number of nitrogens with zero attached hydrogens (tertiary/aromatic N) is 2. The van der Waals surface area contributed by atoms with Crippen LogP contribution in [0.25, 0.3) is 0 Å². The summed E-state index contributed by atoms with van der Waals surface area (Å²) in [5.74, 6) is -0.120. The molecule has 1 aromatic carbocycles. The molecule has 0 radical (unpaired) electrons. The third-order valence-corrected chi connectivity index (χ3v) is 3.98. The second-order valence-electron chi connectivity index (χ2n) is 4.34. The Bertz CT molecular complexity index is 512. The van der Waals surface area contributed by atoms with E-state index < -0.39 is 0 Å². The second kappa shape index (κ2) is 5.73. The molecule has 18 heavy (non-hydrogen) atoms. The van der Waals surface area contributed by atoms with Crippen LogP contribution in [0.2, 0.25) is 5.02 Å². The van der Waals surface area contributed by atoms with E-state index >= 15 is 0 Å². The lowest BCUT2D eigenvalue weighted by molar-refractivity contribution is 0.0698. The van der Waals surface area contributed by atoms with Crippen molar-refractivity contribution in [2.24, 2.45) is 5.92 Å². The summed E-state index contributed by atoms with van der Waals surface area (Å²) in [5.41, 5.74) is 0.557. The first-order valence-corrected chi connectivity index (χ1v) is 6.93. The molecule has 0 aromatic heterocycles. The van der Waals surface area contributed by atoms with E-state index in [0.29, 0.717) is 23.7 Å². The highest BCUT2D eigenvalue weighted by Crippen LogP contribution is 2.25. The quantitative estimate of drug-likeness (QED) is 0.792. The summed E-state index contributed by atoms with van der Waals surface area (Å²) in [4.78, 5) is 14.1. The molecule has 0 N–H and O–H groups in total. The van der Waals surface area contributed by atoms with Crippen LogP contribution in [0.5, 0.6) is 0 Å². The highest BCUT2D eigenvalue weighted by molar-refractivity contribution is 9.10. The van der Waals surface area contributed by atoms with Crippen LogP contribution in [-0.4, -0.2) is 23.9 Å². The van der Waals surface area contributed by atoms with Gasteiger partial charge in [0.25, 0.3) is 5.91 Å². The van der Waals surface area contributed by atoms with Gasteiger partial charge in [0.15, 0.2) is 0 Å². The number of benzene rings is 1. The van der Waals surface area contributed by atoms with Gasteiger partial charge in [-0.3, -0.25) is 4.79 Å². The van der Waals surface area contributed by atoms with Gasteiger partial charge >= 0.3 is 0 Å². The minimum atomic E-state index is -0.0654. The van der Waals surface area contributed by atoms with Gasteiger partial charge in [-0.2, -0.15) is 5.26 Å². The summed E-state index contributed by atoms with van der Waals surface area (Å²) in [6.45, 7) is 1.21. The topological polar surface area (TPSA) is 44.1 Å². The molecule has 1 amide bonds. The van der Waals surface area contributed by atoms with E-state index in [0.717, 1.165) is 17.3 Å². The number of likely N-dealkylation sites (tertiary alicyclic amines) is 1. The standard InChI is InChI=1S/C13H12BrClN2O/c14-12-4-3-10(15)6-11(12)13(18)17-5-1-2-9(7-16)8-17/h3-4,6,9H,1-2,5,8H2. The number of rotatable bonds is 1. The maximum Gasteiger partial charge on any atom is 0.255 e. The molecule has 1 atom stereocenters. The Kier molecular flexibility index (Phi) is 4.26. The maximum atomic E-state index is 12.4. The molecule has 1 unspecified atom stereocenters. The summed E-state index contributed by atoms with van der Waals surface area (Å²) in [7, 11) is 0. The normalized spacial score (nSPS) is 19.4. The Hall–Kier alpha value is -1.05. The number of nitriles is 1. The molecular weight excluding hydrogens is 316 g/mol. The molecule has 0 saturated carbocycles. The van der Waals surface area contributed by atoms with Crippen molar-refractivity contribution in [1.82, 2.24) is 4.90 Å². The minimum absolute atomic E-state index is 0.0549. The van der Waals surface area contributed by atoms with Gasteiger partial charge in [0.05, 0.1) is 17.6 Å². The fraction of sp³-hybridized carbons (Fsp3) is 0.385. The molecule has 1 aliphatic heterocycles. The number of amides is 1. The van der Waals surface area contributed by atoms with E-state index in [4.69, 9.17) is 16.9 Å². The van der Waals surface area contributed by atoms with E-state index in [-0.39, 0.29) is 11.8 Å². The smallest absolute Gasteiger partial charge is 0.255 e. The summed E-state index contributed by atoms with van der Waals surface area (Å²) in [6.07, 6.45) is 1.75. The first-order chi connectivity index (χ1) is 8.61. The van der Waals surface area contributed by atoms with Crippen LogP contribution < -0.4 is 0 Å². The zero-order valence-electron chi connectivity index (χ0n) is 9.70. The molecule has 3 nitrogen and oxygen atoms in total. The largest absolute Gasteiger partial charge is 0.337 e. The van der Waals surface area contributed by atoms with Crippen LogP contribution >= 0.6 is 27.5 Å². The fourth-order valence-electron chi connectivity index (χ4n) is 2.10. The van der Waals surface area contributed by atoms with Gasteiger partial charge in [-0.1, -0.05) is 11.6 Å². The van der Waals surface area contributed by atoms with Crippen LogP contribution in [0.3, 0.4) is 0 Å². The van der Waals surface area contributed by atoms with Crippen molar-refractivity contribution in [1.29, 1.82) is 5.26 Å². The summed E-state index contributed by atoms with van der Waals surface area (Å²) >= 11 is 9.27. The highest BCUT2D eigenvalue weighted by atomic mass is 79.9. The Labute approximate surface area is 119 Å². The first kappa shape index (κ1) is 13.4. The van der Waals surface area contributed by atoms with E-state index in [2.05, 4.69) is 22.0 Å². The molecule has 5 heteroatoms. The predicted octanol–water partition coefficient (Wildman–Crippen LogP) is 3.48. The Balaban J connectivity index is 2.21. The Morgan fingerprint density at radius 1 is 1.56 bits per heavy atom. The lowest BCUT2D eigenvalue weighted by Crippen LogP contribution is -2.39. The van der Waals surface area contributed by atoms with Crippen LogP contribution in [0.1, 0.15) is 23.2 Å². The number of hydrogen-bond acceptors (Lipinski definition) is 2. The number of piperidine rings is 1. The molecule has 94 valence electrons. The second-order valence-corrected chi connectivity index (χ2v) is 5.63. The van der Waals surface area contributed by atoms with Crippen molar-refractivity contribution in [3.63, 3.8) is 0 Å². The van der Waals surface area contributed by atoms with E-state index in [1.165, 1.54) is 0 Å². The van der Waals surface area contributed by atoms with Gasteiger partial charge in [-0.15, -0.1) is 0 Å². The molecule has 1 aliphatic rings. The van der Waals surface area contributed by atoms with Crippen molar-refractivity contribution in [3.8, 4) is 6.07 Å². The van der Waals surface area contributed by atoms with E-state index in [1.54, 1.807) is 23.1 Å². The van der Waals surface area contributed by atoms with Crippen molar-refractivity contribution >= 4 is 33.4 Å². The molecule has 0 bridgehead atoms. The van der Waals surface area contributed by atoms with Gasteiger partial charge in [0.1, 0.15) is 0 Å². The molecule has 0 spiro atoms. The predicted molar refractivity (Wildman–Crippen MR) is 73.4 cm³/mol. The van der Waals surface area contributed by atoms with Crippen molar-refractivity contribution in [3.05, 3.63) is 33.3 Å². The lowest BCUT2D eigenvalue weighted by Gasteiger charge is -2.30. The SMILES string of the molecule is N#CC1CCCN(C(=O)c2cc(Cl)ccc2Br)C1. The highest BCUT2D eigenvalue weighted by Gasteiger charge is 2.25. The molecule has 1 heterocycles. The number of halogens is 2. The van der Waals surface area contributed by atoms with Crippen LogP contribution in [-0.2, 0) is 0 Å². The monoisotopic (exact) mass is 326 g/mol. The van der Waals surface area contributed by atoms with Gasteiger partial charge < -0.3 is 4.90 Å². The third kappa shape index (κ3) is 2.85. The summed E-state index contributed by atoms with van der Waals surface area (Å²) in [5, 5.41) is 9.48. The van der Waals surface area contributed by atoms with Gasteiger partial charge in [-0.05, 0) is 47.0 Å². The number of carbonyl (C=O) groups is 1. The Morgan fingerprint density at radius 3 is 3.06 bits per heavy atom. The van der Waals surface area contributed by atoms with Crippen molar-refractivity contribution in [2.75, 3.05) is 13.1 Å². The zero-order chi connectivity index (χ0) is 13.1. The van der Waals surface area contributed by atoms with Crippen LogP contribution in [0.15, 0.2) is 22.7 Å². The number of hydrogen-bond donors (Lipinski definition) is 0.